The molecular formula is C23H22FN3O5S. The summed E-state index contributed by atoms with van der Waals surface area (Å²) in [4.78, 5) is 23.7. The van der Waals surface area contributed by atoms with Gasteiger partial charge in [0.25, 0.3) is 10.0 Å². The van der Waals surface area contributed by atoms with E-state index in [1.165, 1.54) is 18.2 Å². The van der Waals surface area contributed by atoms with E-state index in [1.807, 2.05) is 6.92 Å². The number of rotatable bonds is 8. The zero-order chi connectivity index (χ0) is 24.0. The van der Waals surface area contributed by atoms with Gasteiger partial charge in [-0.15, -0.1) is 0 Å². The van der Waals surface area contributed by atoms with E-state index < -0.39 is 33.9 Å². The Hall–Kier alpha value is -3.92. The van der Waals surface area contributed by atoms with E-state index in [-0.39, 0.29) is 22.7 Å². The minimum absolute atomic E-state index is 0.0205. The van der Waals surface area contributed by atoms with Gasteiger partial charge in [0.05, 0.1) is 10.6 Å². The molecule has 0 saturated heterocycles. The van der Waals surface area contributed by atoms with E-state index >= 15 is 0 Å². The van der Waals surface area contributed by atoms with Gasteiger partial charge in [0.15, 0.2) is 0 Å². The van der Waals surface area contributed by atoms with Crippen LogP contribution < -0.4 is 15.4 Å². The molecule has 1 atom stereocenters. The Morgan fingerprint density at radius 2 is 1.67 bits per heavy atom. The standard InChI is InChI=1S/C23H22FN3O5S/c1-15-7-10-18(11-8-15)33(31,32)27-20-12-9-17(14-19(20)24)25-23(30)26-21(22(28)29)13-16-5-3-2-4-6-16/h2-12,14,21,27H,13H2,1H3,(H,28,29)(H2,25,26,30). The molecule has 0 spiro atoms. The molecule has 3 rings (SSSR count). The molecule has 0 fully saturated rings. The van der Waals surface area contributed by atoms with Crippen molar-refractivity contribution in [2.75, 3.05) is 10.0 Å². The number of carbonyl (C=O) groups excluding carboxylic acids is 1. The number of carbonyl (C=O) groups is 2. The lowest BCUT2D eigenvalue weighted by molar-refractivity contribution is -0.139. The van der Waals surface area contributed by atoms with Crippen LogP contribution in [0.15, 0.2) is 77.7 Å². The van der Waals surface area contributed by atoms with Crippen molar-refractivity contribution in [1.82, 2.24) is 5.32 Å². The third kappa shape index (κ3) is 6.53. The van der Waals surface area contributed by atoms with Crippen molar-refractivity contribution in [3.63, 3.8) is 0 Å². The topological polar surface area (TPSA) is 125 Å². The molecule has 2 amide bonds. The molecule has 8 nitrogen and oxygen atoms in total. The molecule has 0 aromatic heterocycles. The minimum atomic E-state index is -4.00. The monoisotopic (exact) mass is 471 g/mol. The number of aliphatic carboxylic acids is 1. The van der Waals surface area contributed by atoms with Crippen LogP contribution in [0, 0.1) is 12.7 Å². The van der Waals surface area contributed by atoms with Crippen molar-refractivity contribution in [3.05, 3.63) is 89.7 Å². The van der Waals surface area contributed by atoms with Gasteiger partial charge in [-0.2, -0.15) is 0 Å². The fourth-order valence-corrected chi connectivity index (χ4v) is 4.04. The van der Waals surface area contributed by atoms with Gasteiger partial charge in [0.1, 0.15) is 11.9 Å². The van der Waals surface area contributed by atoms with Gasteiger partial charge in [0.2, 0.25) is 0 Å². The van der Waals surface area contributed by atoms with Crippen molar-refractivity contribution in [2.45, 2.75) is 24.3 Å². The largest absolute Gasteiger partial charge is 0.480 e. The predicted octanol–water partition coefficient (Wildman–Crippen LogP) is 3.75. The number of sulfonamides is 1. The van der Waals surface area contributed by atoms with E-state index in [1.54, 1.807) is 42.5 Å². The summed E-state index contributed by atoms with van der Waals surface area (Å²) in [6, 6.07) is 16.2. The Bertz CT molecular complexity index is 1250. The maximum atomic E-state index is 14.5. The molecule has 0 aliphatic carbocycles. The third-order valence-corrected chi connectivity index (χ3v) is 6.07. The predicted molar refractivity (Wildman–Crippen MR) is 122 cm³/mol. The highest BCUT2D eigenvalue weighted by atomic mass is 32.2. The van der Waals surface area contributed by atoms with Crippen LogP contribution in [-0.2, 0) is 21.2 Å². The number of carboxylic acid groups (broad SMARTS) is 1. The number of hydrogen-bond donors (Lipinski definition) is 4. The summed E-state index contributed by atoms with van der Waals surface area (Å²) in [6.07, 6.45) is 0.0671. The molecule has 172 valence electrons. The Labute approximate surface area is 190 Å². The maximum absolute atomic E-state index is 14.5. The second kappa shape index (κ2) is 10.1. The average Bonchev–Trinajstić information content (AvgIpc) is 2.76. The molecule has 0 radical (unpaired) electrons. The van der Waals surface area contributed by atoms with Crippen molar-refractivity contribution < 1.29 is 27.5 Å². The maximum Gasteiger partial charge on any atom is 0.326 e. The minimum Gasteiger partial charge on any atom is -0.480 e. The van der Waals surface area contributed by atoms with E-state index in [2.05, 4.69) is 15.4 Å². The number of anilines is 2. The molecule has 10 heteroatoms. The summed E-state index contributed by atoms with van der Waals surface area (Å²) >= 11 is 0. The number of amides is 2. The summed E-state index contributed by atoms with van der Waals surface area (Å²) in [5.74, 6) is -2.14. The summed E-state index contributed by atoms with van der Waals surface area (Å²) in [6.45, 7) is 1.81. The lowest BCUT2D eigenvalue weighted by Gasteiger charge is -2.16. The number of hydrogen-bond acceptors (Lipinski definition) is 4. The first-order valence-corrected chi connectivity index (χ1v) is 11.4. The molecule has 0 aliphatic rings. The highest BCUT2D eigenvalue weighted by Gasteiger charge is 2.21. The van der Waals surface area contributed by atoms with Gasteiger partial charge in [-0.25, -0.2) is 22.4 Å². The highest BCUT2D eigenvalue weighted by molar-refractivity contribution is 7.92. The van der Waals surface area contributed by atoms with Crippen molar-refractivity contribution in [2.24, 2.45) is 0 Å². The first kappa shape index (κ1) is 23.7. The first-order chi connectivity index (χ1) is 15.6. The quantitative estimate of drug-likeness (QED) is 0.398. The van der Waals surface area contributed by atoms with Crippen LogP contribution in [0.2, 0.25) is 0 Å². The molecule has 4 N–H and O–H groups in total. The van der Waals surface area contributed by atoms with Crippen LogP contribution in [0.4, 0.5) is 20.6 Å². The van der Waals surface area contributed by atoms with Crippen LogP contribution in [0.25, 0.3) is 0 Å². The normalized spacial score (nSPS) is 11.9. The second-order valence-corrected chi connectivity index (χ2v) is 8.97. The number of carboxylic acids is 1. The van der Waals surface area contributed by atoms with Crippen LogP contribution in [0.1, 0.15) is 11.1 Å². The zero-order valence-corrected chi connectivity index (χ0v) is 18.4. The average molecular weight is 472 g/mol. The van der Waals surface area contributed by atoms with E-state index in [0.29, 0.717) is 0 Å². The number of aryl methyl sites for hydroxylation is 1. The molecule has 0 bridgehead atoms. The molecule has 3 aromatic carbocycles. The Kier molecular flexibility index (Phi) is 7.29. The van der Waals surface area contributed by atoms with Crippen molar-refractivity contribution in [1.29, 1.82) is 0 Å². The summed E-state index contributed by atoms with van der Waals surface area (Å²) in [5, 5.41) is 14.1. The fraction of sp³-hybridized carbons (Fsp3) is 0.130. The number of urea groups is 1. The Morgan fingerprint density at radius 3 is 2.27 bits per heavy atom. The lowest BCUT2D eigenvalue weighted by atomic mass is 10.1. The fourth-order valence-electron chi connectivity index (χ4n) is 2.97. The SMILES string of the molecule is Cc1ccc(S(=O)(=O)Nc2ccc(NC(=O)NC(Cc3ccccc3)C(=O)O)cc2F)cc1. The molecule has 0 heterocycles. The smallest absolute Gasteiger partial charge is 0.326 e. The van der Waals surface area contributed by atoms with Crippen molar-refractivity contribution >= 4 is 33.4 Å². The number of nitrogens with one attached hydrogen (secondary N) is 3. The lowest BCUT2D eigenvalue weighted by Crippen LogP contribution is -2.44. The van der Waals surface area contributed by atoms with Crippen LogP contribution in [0.3, 0.4) is 0 Å². The highest BCUT2D eigenvalue weighted by Crippen LogP contribution is 2.22. The summed E-state index contributed by atoms with van der Waals surface area (Å²) in [5.41, 5.74) is 1.32. The Morgan fingerprint density at radius 1 is 1.00 bits per heavy atom. The molecule has 0 aliphatic heterocycles. The summed E-state index contributed by atoms with van der Waals surface area (Å²) in [7, 11) is -4.00. The van der Waals surface area contributed by atoms with Gasteiger partial charge in [0, 0.05) is 12.1 Å². The molecule has 33 heavy (non-hydrogen) atoms. The van der Waals surface area contributed by atoms with Crippen molar-refractivity contribution in [3.8, 4) is 0 Å². The van der Waals surface area contributed by atoms with Gasteiger partial charge < -0.3 is 15.7 Å². The van der Waals surface area contributed by atoms with Crippen LogP contribution in [-0.4, -0.2) is 31.6 Å². The number of halogens is 1. The molecule has 3 aromatic rings. The zero-order valence-electron chi connectivity index (χ0n) is 17.6. The van der Waals surface area contributed by atoms with Gasteiger partial charge in [-0.1, -0.05) is 48.0 Å². The molecular weight excluding hydrogens is 449 g/mol. The van der Waals surface area contributed by atoms with Crippen LogP contribution in [0.5, 0.6) is 0 Å². The first-order valence-electron chi connectivity index (χ1n) is 9.87. The van der Waals surface area contributed by atoms with E-state index in [9.17, 15) is 27.5 Å². The van der Waals surface area contributed by atoms with E-state index in [4.69, 9.17) is 0 Å². The third-order valence-electron chi connectivity index (χ3n) is 4.69. The van der Waals surface area contributed by atoms with Gasteiger partial charge in [-0.05, 0) is 42.8 Å². The molecule has 1 unspecified atom stereocenters. The van der Waals surface area contributed by atoms with Crippen LogP contribution >= 0.6 is 0 Å². The second-order valence-electron chi connectivity index (χ2n) is 7.29. The number of benzene rings is 3. The summed E-state index contributed by atoms with van der Waals surface area (Å²) < 4.78 is 41.6. The molecule has 0 saturated carbocycles. The van der Waals surface area contributed by atoms with Gasteiger partial charge in [-0.3, -0.25) is 4.72 Å². The van der Waals surface area contributed by atoms with E-state index in [0.717, 1.165) is 23.3 Å². The Balaban J connectivity index is 1.66. The van der Waals surface area contributed by atoms with Gasteiger partial charge >= 0.3 is 12.0 Å².